The number of rotatable bonds is 10. The van der Waals surface area contributed by atoms with Crippen molar-refractivity contribution in [3.63, 3.8) is 0 Å². The van der Waals surface area contributed by atoms with Gasteiger partial charge in [0.2, 0.25) is 5.88 Å². The van der Waals surface area contributed by atoms with Gasteiger partial charge in [-0.05, 0) is 56.3 Å². The second-order valence-corrected chi connectivity index (χ2v) is 9.38. The molecule has 176 valence electrons. The monoisotopic (exact) mass is 481 g/mol. The SMILES string of the molecule is CCOP(=O)(OCC)C(Nc1ccc(Oc2ncnc3ccccc23)cc1)c1ccccc1F. The first-order valence-corrected chi connectivity index (χ1v) is 12.5. The van der Waals surface area contributed by atoms with Gasteiger partial charge >= 0.3 is 7.60 Å². The standard InChI is InChI=1S/C25H25FN3O4P/c1-3-31-34(30,32-4-2)25(20-9-5-7-11-22(20)26)29-18-13-15-19(16-14-18)33-24-21-10-6-8-12-23(21)27-17-28-24/h5-17,25,29H,3-4H2,1-2H3. The third-order valence-corrected chi connectivity index (χ3v) is 7.29. The van der Waals surface area contributed by atoms with Crippen molar-refractivity contribution in [2.75, 3.05) is 18.5 Å². The Labute approximate surface area is 197 Å². The number of anilines is 1. The van der Waals surface area contributed by atoms with Crippen molar-refractivity contribution < 1.29 is 22.7 Å². The average Bonchev–Trinajstić information content (AvgIpc) is 2.85. The quantitative estimate of drug-likeness (QED) is 0.246. The molecule has 0 bridgehead atoms. The Morgan fingerprint density at radius 2 is 1.59 bits per heavy atom. The van der Waals surface area contributed by atoms with Gasteiger partial charge in [-0.25, -0.2) is 14.4 Å². The highest BCUT2D eigenvalue weighted by Crippen LogP contribution is 2.61. The minimum atomic E-state index is -3.74. The zero-order chi connectivity index (χ0) is 24.0. The van der Waals surface area contributed by atoms with Crippen LogP contribution in [0.5, 0.6) is 11.6 Å². The van der Waals surface area contributed by atoms with E-state index in [1.54, 1.807) is 56.3 Å². The highest BCUT2D eigenvalue weighted by molar-refractivity contribution is 7.54. The molecule has 0 saturated heterocycles. The van der Waals surface area contributed by atoms with Crippen LogP contribution in [-0.2, 0) is 13.6 Å². The molecule has 1 N–H and O–H groups in total. The molecule has 0 spiro atoms. The summed E-state index contributed by atoms with van der Waals surface area (Å²) in [6.07, 6.45) is 1.45. The third-order valence-electron chi connectivity index (χ3n) is 5.01. The molecular formula is C25H25FN3O4P. The van der Waals surface area contributed by atoms with Crippen molar-refractivity contribution >= 4 is 24.2 Å². The highest BCUT2D eigenvalue weighted by Gasteiger charge is 2.38. The number of aromatic nitrogens is 2. The van der Waals surface area contributed by atoms with E-state index in [4.69, 9.17) is 13.8 Å². The van der Waals surface area contributed by atoms with Crippen LogP contribution in [0.3, 0.4) is 0 Å². The predicted molar refractivity (Wildman–Crippen MR) is 130 cm³/mol. The molecule has 3 aromatic carbocycles. The van der Waals surface area contributed by atoms with E-state index in [1.807, 2.05) is 24.3 Å². The molecule has 34 heavy (non-hydrogen) atoms. The van der Waals surface area contributed by atoms with Crippen LogP contribution in [0.25, 0.3) is 10.9 Å². The van der Waals surface area contributed by atoms with Gasteiger partial charge in [-0.2, -0.15) is 0 Å². The van der Waals surface area contributed by atoms with Gasteiger partial charge in [-0.15, -0.1) is 0 Å². The first-order valence-electron chi connectivity index (χ1n) is 10.9. The smallest absolute Gasteiger partial charge is 0.357 e. The summed E-state index contributed by atoms with van der Waals surface area (Å²) in [7, 11) is -3.74. The number of benzene rings is 3. The van der Waals surface area contributed by atoms with E-state index < -0.39 is 19.2 Å². The van der Waals surface area contributed by atoms with Crippen LogP contribution in [-0.4, -0.2) is 23.2 Å². The minimum Gasteiger partial charge on any atom is -0.438 e. The fourth-order valence-corrected chi connectivity index (χ4v) is 5.47. The molecule has 1 heterocycles. The number of nitrogens with one attached hydrogen (secondary N) is 1. The van der Waals surface area contributed by atoms with Crippen molar-refractivity contribution in [2.45, 2.75) is 19.6 Å². The van der Waals surface area contributed by atoms with E-state index in [0.717, 1.165) is 10.9 Å². The summed E-state index contributed by atoms with van der Waals surface area (Å²) in [5.41, 5.74) is 1.56. The van der Waals surface area contributed by atoms with Gasteiger partial charge in [0.1, 0.15) is 17.9 Å². The Morgan fingerprint density at radius 1 is 0.912 bits per heavy atom. The molecule has 0 saturated carbocycles. The Kier molecular flexibility index (Phi) is 7.53. The van der Waals surface area contributed by atoms with Crippen molar-refractivity contribution in [2.24, 2.45) is 0 Å². The maximum absolute atomic E-state index is 14.7. The summed E-state index contributed by atoms with van der Waals surface area (Å²) in [4.78, 5) is 8.47. The molecule has 0 amide bonds. The van der Waals surface area contributed by atoms with Crippen LogP contribution in [0.1, 0.15) is 25.2 Å². The van der Waals surface area contributed by atoms with Gasteiger partial charge in [-0.1, -0.05) is 30.3 Å². The van der Waals surface area contributed by atoms with Crippen LogP contribution in [0.2, 0.25) is 0 Å². The van der Waals surface area contributed by atoms with Crippen molar-refractivity contribution in [3.8, 4) is 11.6 Å². The zero-order valence-corrected chi connectivity index (χ0v) is 19.7. The molecular weight excluding hydrogens is 456 g/mol. The average molecular weight is 481 g/mol. The first kappa shape index (κ1) is 23.8. The zero-order valence-electron chi connectivity index (χ0n) is 18.8. The fraction of sp³-hybridized carbons (Fsp3) is 0.200. The Balaban J connectivity index is 1.61. The van der Waals surface area contributed by atoms with Crippen LogP contribution in [0, 0.1) is 5.82 Å². The number of ether oxygens (including phenoxy) is 1. The van der Waals surface area contributed by atoms with E-state index in [9.17, 15) is 8.96 Å². The molecule has 4 aromatic rings. The summed E-state index contributed by atoms with van der Waals surface area (Å²) in [5, 5.41) is 3.93. The minimum absolute atomic E-state index is 0.156. The molecule has 0 fully saturated rings. The molecule has 9 heteroatoms. The number of nitrogens with zero attached hydrogens (tertiary/aromatic N) is 2. The molecule has 0 aliphatic heterocycles. The number of fused-ring (bicyclic) bond motifs is 1. The normalized spacial score (nSPS) is 12.4. The molecule has 1 aromatic heterocycles. The number of hydrogen-bond acceptors (Lipinski definition) is 7. The largest absolute Gasteiger partial charge is 0.438 e. The van der Waals surface area contributed by atoms with Crippen molar-refractivity contribution in [1.29, 1.82) is 0 Å². The summed E-state index contributed by atoms with van der Waals surface area (Å²) in [6, 6.07) is 20.7. The maximum Gasteiger partial charge on any atom is 0.357 e. The summed E-state index contributed by atoms with van der Waals surface area (Å²) in [5.74, 6) is -0.552. The summed E-state index contributed by atoms with van der Waals surface area (Å²) >= 11 is 0. The lowest BCUT2D eigenvalue weighted by Crippen LogP contribution is -2.16. The molecule has 0 radical (unpaired) electrons. The molecule has 7 nitrogen and oxygen atoms in total. The molecule has 1 atom stereocenters. The van der Waals surface area contributed by atoms with Gasteiger partial charge in [0, 0.05) is 11.3 Å². The van der Waals surface area contributed by atoms with E-state index in [1.165, 1.54) is 12.4 Å². The van der Waals surface area contributed by atoms with E-state index >= 15 is 0 Å². The Hall–Kier alpha value is -3.32. The third kappa shape index (κ3) is 5.25. The topological polar surface area (TPSA) is 82.6 Å². The number of para-hydroxylation sites is 1. The molecule has 0 aliphatic carbocycles. The van der Waals surface area contributed by atoms with Gasteiger partial charge in [0.05, 0.1) is 24.1 Å². The van der Waals surface area contributed by atoms with Crippen LogP contribution < -0.4 is 10.1 Å². The van der Waals surface area contributed by atoms with Crippen LogP contribution in [0.15, 0.2) is 79.1 Å². The van der Waals surface area contributed by atoms with Gasteiger partial charge in [-0.3, -0.25) is 4.57 Å². The Morgan fingerprint density at radius 3 is 2.29 bits per heavy atom. The van der Waals surface area contributed by atoms with E-state index in [2.05, 4.69) is 15.3 Å². The first-order chi connectivity index (χ1) is 16.5. The number of halogens is 1. The molecule has 1 unspecified atom stereocenters. The Bertz CT molecular complexity index is 1290. The predicted octanol–water partition coefficient (Wildman–Crippen LogP) is 6.94. The lowest BCUT2D eigenvalue weighted by atomic mass is 10.2. The van der Waals surface area contributed by atoms with Gasteiger partial charge in [0.15, 0.2) is 5.78 Å². The van der Waals surface area contributed by atoms with Crippen molar-refractivity contribution in [3.05, 3.63) is 90.5 Å². The van der Waals surface area contributed by atoms with Crippen LogP contribution >= 0.6 is 7.60 Å². The van der Waals surface area contributed by atoms with E-state index in [-0.39, 0.29) is 18.8 Å². The van der Waals surface area contributed by atoms with Crippen molar-refractivity contribution in [1.82, 2.24) is 9.97 Å². The molecule has 4 rings (SSSR count). The number of hydrogen-bond donors (Lipinski definition) is 1. The summed E-state index contributed by atoms with van der Waals surface area (Å²) in [6.45, 7) is 3.74. The highest BCUT2D eigenvalue weighted by atomic mass is 31.2. The maximum atomic E-state index is 14.7. The molecule has 0 aliphatic rings. The second-order valence-electron chi connectivity index (χ2n) is 7.27. The second kappa shape index (κ2) is 10.7. The van der Waals surface area contributed by atoms with Gasteiger partial charge < -0.3 is 19.1 Å². The van der Waals surface area contributed by atoms with Gasteiger partial charge in [0.25, 0.3) is 0 Å². The van der Waals surface area contributed by atoms with E-state index in [0.29, 0.717) is 17.3 Å². The lowest BCUT2D eigenvalue weighted by Gasteiger charge is -2.28. The van der Waals surface area contributed by atoms with Crippen LogP contribution in [0.4, 0.5) is 10.1 Å². The summed E-state index contributed by atoms with van der Waals surface area (Å²) < 4.78 is 45.3. The fourth-order valence-electron chi connectivity index (χ4n) is 3.52. The lowest BCUT2D eigenvalue weighted by molar-refractivity contribution is 0.213.